The van der Waals surface area contributed by atoms with Crippen molar-refractivity contribution in [3.63, 3.8) is 0 Å². The van der Waals surface area contributed by atoms with Crippen molar-refractivity contribution in [2.24, 2.45) is 0 Å². The van der Waals surface area contributed by atoms with E-state index < -0.39 is 5.97 Å². The first-order valence-corrected chi connectivity index (χ1v) is 5.44. The molecule has 1 aromatic heterocycles. The van der Waals surface area contributed by atoms with E-state index in [-0.39, 0.29) is 11.8 Å². The highest BCUT2D eigenvalue weighted by Crippen LogP contribution is 2.14. The molecule has 1 unspecified atom stereocenters. The summed E-state index contributed by atoms with van der Waals surface area (Å²) in [6, 6.07) is 0. The molecular weight excluding hydrogens is 224 g/mol. The number of rotatable bonds is 4. The zero-order valence-corrected chi connectivity index (χ0v) is 9.59. The molecule has 6 heteroatoms. The molecule has 0 N–H and O–H groups in total. The highest BCUT2D eigenvalue weighted by molar-refractivity contribution is 5.86. The van der Waals surface area contributed by atoms with Crippen LogP contribution in [-0.2, 0) is 9.47 Å². The second-order valence-corrected chi connectivity index (χ2v) is 3.68. The second-order valence-electron chi connectivity index (χ2n) is 3.68. The normalized spacial score (nSPS) is 19.0. The summed E-state index contributed by atoms with van der Waals surface area (Å²) >= 11 is 0. The van der Waals surface area contributed by atoms with E-state index in [4.69, 9.17) is 9.47 Å². The first kappa shape index (κ1) is 11.8. The van der Waals surface area contributed by atoms with Gasteiger partial charge in [-0.3, -0.25) is 4.98 Å². The van der Waals surface area contributed by atoms with E-state index in [0.29, 0.717) is 12.5 Å². The summed E-state index contributed by atoms with van der Waals surface area (Å²) in [4.78, 5) is 19.1. The molecule has 0 spiro atoms. The average molecular weight is 238 g/mol. The van der Waals surface area contributed by atoms with Crippen LogP contribution in [0.1, 0.15) is 23.3 Å². The Morgan fingerprint density at radius 1 is 1.59 bits per heavy atom. The number of hydrogen-bond donors (Lipinski definition) is 0. The van der Waals surface area contributed by atoms with Gasteiger partial charge in [-0.05, 0) is 12.8 Å². The molecule has 6 nitrogen and oxygen atoms in total. The number of carbonyl (C=O) groups excluding carboxylic acids is 1. The molecule has 0 saturated carbocycles. The van der Waals surface area contributed by atoms with Crippen molar-refractivity contribution in [1.29, 1.82) is 0 Å². The molecular formula is C11H14N2O4. The Hall–Kier alpha value is -1.69. The molecule has 1 aliphatic rings. The number of esters is 1. The fourth-order valence-corrected chi connectivity index (χ4v) is 1.57. The minimum atomic E-state index is -0.528. The van der Waals surface area contributed by atoms with Crippen LogP contribution in [0.5, 0.6) is 5.88 Å². The second kappa shape index (κ2) is 5.58. The van der Waals surface area contributed by atoms with Gasteiger partial charge in [0.15, 0.2) is 5.69 Å². The van der Waals surface area contributed by atoms with Crippen LogP contribution in [0.4, 0.5) is 0 Å². The third-order valence-electron chi connectivity index (χ3n) is 2.45. The molecule has 1 fully saturated rings. The van der Waals surface area contributed by atoms with Crippen LogP contribution in [0.15, 0.2) is 12.4 Å². The predicted molar refractivity (Wildman–Crippen MR) is 57.8 cm³/mol. The maximum atomic E-state index is 11.2. The van der Waals surface area contributed by atoms with Crippen molar-refractivity contribution in [2.45, 2.75) is 18.9 Å². The number of carbonyl (C=O) groups is 1. The third-order valence-corrected chi connectivity index (χ3v) is 2.45. The lowest BCUT2D eigenvalue weighted by atomic mass is 10.2. The van der Waals surface area contributed by atoms with Crippen molar-refractivity contribution in [3.05, 3.63) is 18.1 Å². The monoisotopic (exact) mass is 238 g/mol. The van der Waals surface area contributed by atoms with Gasteiger partial charge in [-0.15, -0.1) is 0 Å². The van der Waals surface area contributed by atoms with Gasteiger partial charge in [0.1, 0.15) is 6.61 Å². The van der Waals surface area contributed by atoms with E-state index in [0.717, 1.165) is 19.4 Å². The summed E-state index contributed by atoms with van der Waals surface area (Å²) in [5.74, 6) is -0.219. The minimum Gasteiger partial charge on any atom is -0.474 e. The summed E-state index contributed by atoms with van der Waals surface area (Å²) < 4.78 is 15.4. The van der Waals surface area contributed by atoms with Crippen molar-refractivity contribution in [1.82, 2.24) is 9.97 Å². The van der Waals surface area contributed by atoms with Crippen LogP contribution in [-0.4, -0.2) is 42.4 Å². The molecule has 1 saturated heterocycles. The van der Waals surface area contributed by atoms with Crippen LogP contribution in [0, 0.1) is 0 Å². The van der Waals surface area contributed by atoms with E-state index in [9.17, 15) is 4.79 Å². The van der Waals surface area contributed by atoms with Crippen molar-refractivity contribution in [3.8, 4) is 5.88 Å². The lowest BCUT2D eigenvalue weighted by Crippen LogP contribution is -2.17. The lowest BCUT2D eigenvalue weighted by Gasteiger charge is -2.10. The average Bonchev–Trinajstić information content (AvgIpc) is 2.89. The van der Waals surface area contributed by atoms with Crippen molar-refractivity contribution in [2.75, 3.05) is 20.3 Å². The fourth-order valence-electron chi connectivity index (χ4n) is 1.57. The molecule has 0 radical (unpaired) electrons. The zero-order chi connectivity index (χ0) is 12.1. The van der Waals surface area contributed by atoms with E-state index in [1.807, 2.05) is 0 Å². The first-order valence-electron chi connectivity index (χ1n) is 5.44. The molecule has 2 rings (SSSR count). The smallest absolute Gasteiger partial charge is 0.358 e. The van der Waals surface area contributed by atoms with Gasteiger partial charge in [-0.1, -0.05) is 0 Å². The summed E-state index contributed by atoms with van der Waals surface area (Å²) in [6.45, 7) is 1.21. The molecule has 1 aromatic rings. The van der Waals surface area contributed by atoms with Crippen LogP contribution in [0.25, 0.3) is 0 Å². The Kier molecular flexibility index (Phi) is 3.87. The van der Waals surface area contributed by atoms with Gasteiger partial charge < -0.3 is 14.2 Å². The molecule has 92 valence electrons. The van der Waals surface area contributed by atoms with Crippen LogP contribution < -0.4 is 4.74 Å². The van der Waals surface area contributed by atoms with Crippen LogP contribution in [0.3, 0.4) is 0 Å². The quantitative estimate of drug-likeness (QED) is 0.723. The highest BCUT2D eigenvalue weighted by Gasteiger charge is 2.17. The van der Waals surface area contributed by atoms with Gasteiger partial charge in [0, 0.05) is 6.61 Å². The molecule has 0 aromatic carbocycles. The van der Waals surface area contributed by atoms with Gasteiger partial charge in [0.25, 0.3) is 0 Å². The van der Waals surface area contributed by atoms with Crippen molar-refractivity contribution >= 4 is 5.97 Å². The molecule has 2 heterocycles. The molecule has 0 amide bonds. The van der Waals surface area contributed by atoms with Crippen LogP contribution in [0.2, 0.25) is 0 Å². The third kappa shape index (κ3) is 3.13. The van der Waals surface area contributed by atoms with Gasteiger partial charge >= 0.3 is 5.97 Å². The van der Waals surface area contributed by atoms with Crippen LogP contribution >= 0.6 is 0 Å². The molecule has 0 aliphatic carbocycles. The number of hydrogen-bond acceptors (Lipinski definition) is 6. The van der Waals surface area contributed by atoms with E-state index in [1.165, 1.54) is 19.5 Å². The highest BCUT2D eigenvalue weighted by atomic mass is 16.5. The Balaban J connectivity index is 1.93. The summed E-state index contributed by atoms with van der Waals surface area (Å²) in [6.07, 6.45) is 4.96. The summed E-state index contributed by atoms with van der Waals surface area (Å²) in [5.41, 5.74) is 0.136. The number of aromatic nitrogens is 2. The standard InChI is InChI=1S/C11H14N2O4/c1-15-11(14)9-5-12-6-10(13-9)17-7-8-3-2-4-16-8/h5-6,8H,2-4,7H2,1H3. The molecule has 0 bridgehead atoms. The Bertz CT molecular complexity index is 391. The van der Waals surface area contributed by atoms with Gasteiger partial charge in [-0.2, -0.15) is 0 Å². The lowest BCUT2D eigenvalue weighted by molar-refractivity contribution is 0.0584. The number of ether oxygens (including phenoxy) is 3. The minimum absolute atomic E-state index is 0.110. The number of nitrogens with zero attached hydrogens (tertiary/aromatic N) is 2. The molecule has 1 atom stereocenters. The van der Waals surface area contributed by atoms with Gasteiger partial charge in [0.2, 0.25) is 5.88 Å². The topological polar surface area (TPSA) is 70.5 Å². The Labute approximate surface area is 98.9 Å². The number of methoxy groups -OCH3 is 1. The van der Waals surface area contributed by atoms with Gasteiger partial charge in [-0.25, -0.2) is 9.78 Å². The van der Waals surface area contributed by atoms with E-state index in [2.05, 4.69) is 14.7 Å². The zero-order valence-electron chi connectivity index (χ0n) is 9.59. The Morgan fingerprint density at radius 3 is 3.18 bits per heavy atom. The fraction of sp³-hybridized carbons (Fsp3) is 0.545. The SMILES string of the molecule is COC(=O)c1cncc(OCC2CCCO2)n1. The largest absolute Gasteiger partial charge is 0.474 e. The van der Waals surface area contributed by atoms with E-state index >= 15 is 0 Å². The first-order chi connectivity index (χ1) is 8.29. The summed E-state index contributed by atoms with van der Waals surface area (Å²) in [5, 5.41) is 0. The predicted octanol–water partition coefficient (Wildman–Crippen LogP) is 0.821. The maximum Gasteiger partial charge on any atom is 0.358 e. The molecule has 17 heavy (non-hydrogen) atoms. The van der Waals surface area contributed by atoms with Crippen molar-refractivity contribution < 1.29 is 19.0 Å². The summed E-state index contributed by atoms with van der Waals surface area (Å²) in [7, 11) is 1.30. The van der Waals surface area contributed by atoms with Gasteiger partial charge in [0.05, 0.1) is 25.6 Å². The maximum absolute atomic E-state index is 11.2. The van der Waals surface area contributed by atoms with E-state index in [1.54, 1.807) is 0 Å². The molecule has 1 aliphatic heterocycles. The Morgan fingerprint density at radius 2 is 2.47 bits per heavy atom.